The fraction of sp³-hybridized carbons (Fsp3) is 0.812. The van der Waals surface area contributed by atoms with E-state index in [1.807, 2.05) is 0 Å². The first-order valence-corrected chi connectivity index (χ1v) is 8.88. The van der Waals surface area contributed by atoms with E-state index in [9.17, 15) is 15.0 Å². The van der Waals surface area contributed by atoms with Crippen LogP contribution in [0.3, 0.4) is 0 Å². The van der Waals surface area contributed by atoms with Crippen molar-refractivity contribution in [1.82, 2.24) is 0 Å². The molecule has 0 fully saturated rings. The third-order valence-corrected chi connectivity index (χ3v) is 4.78. The van der Waals surface area contributed by atoms with Crippen LogP contribution >= 0.6 is 34.8 Å². The molecule has 0 spiro atoms. The minimum absolute atomic E-state index is 0.176. The van der Waals surface area contributed by atoms with Crippen molar-refractivity contribution in [2.45, 2.75) is 62.6 Å². The maximum Gasteiger partial charge on any atom is 0.330 e. The summed E-state index contributed by atoms with van der Waals surface area (Å²) < 4.78 is -1.63. The Hall–Kier alpha value is -0.000000000000000111. The molecule has 0 aromatic heterocycles. The summed E-state index contributed by atoms with van der Waals surface area (Å²) >= 11 is 17.5. The summed E-state index contributed by atoms with van der Waals surface area (Å²) in [6.45, 7) is 6.15. The number of rotatable bonds is 10. The van der Waals surface area contributed by atoms with Gasteiger partial charge in [0.25, 0.3) is 0 Å². The highest BCUT2D eigenvalue weighted by Gasteiger charge is 2.47. The lowest BCUT2D eigenvalue weighted by Gasteiger charge is -2.36. The van der Waals surface area contributed by atoms with Gasteiger partial charge in [-0.3, -0.25) is 0 Å². The SMILES string of the molecule is C=C(C)C(=O)O.CCCCCCCCC(CO)(CO)C(Cl)(Cl)Cl. The van der Waals surface area contributed by atoms with Gasteiger partial charge < -0.3 is 15.3 Å². The van der Waals surface area contributed by atoms with Crippen molar-refractivity contribution in [3.63, 3.8) is 0 Å². The zero-order valence-corrected chi connectivity index (χ0v) is 16.2. The average molecular weight is 392 g/mol. The fourth-order valence-corrected chi connectivity index (χ4v) is 2.41. The molecule has 0 aliphatic rings. The van der Waals surface area contributed by atoms with Crippen LogP contribution < -0.4 is 0 Å². The molecule has 0 saturated heterocycles. The molecule has 0 bridgehead atoms. The summed E-state index contributed by atoms with van der Waals surface area (Å²) in [5.41, 5.74) is -0.849. The van der Waals surface area contributed by atoms with Crippen LogP contribution in [0.15, 0.2) is 12.2 Å². The number of aliphatic hydroxyl groups is 2. The number of aliphatic hydroxyl groups excluding tert-OH is 2. The van der Waals surface area contributed by atoms with Crippen molar-refractivity contribution >= 4 is 40.8 Å². The lowest BCUT2D eigenvalue weighted by atomic mass is 9.85. The summed E-state index contributed by atoms with van der Waals surface area (Å²) in [4.78, 5) is 9.60. The van der Waals surface area contributed by atoms with Crippen molar-refractivity contribution < 1.29 is 20.1 Å². The van der Waals surface area contributed by atoms with E-state index in [4.69, 9.17) is 39.9 Å². The number of carboxylic acid groups (broad SMARTS) is 1. The van der Waals surface area contributed by atoms with Gasteiger partial charge in [-0.15, -0.1) is 0 Å². The first kappa shape index (κ1) is 25.2. The third kappa shape index (κ3) is 11.2. The monoisotopic (exact) mass is 390 g/mol. The van der Waals surface area contributed by atoms with E-state index >= 15 is 0 Å². The summed E-state index contributed by atoms with van der Waals surface area (Å²) in [6.07, 6.45) is 7.26. The second-order valence-corrected chi connectivity index (χ2v) is 7.98. The summed E-state index contributed by atoms with van der Waals surface area (Å²) in [5, 5.41) is 26.6. The van der Waals surface area contributed by atoms with Crippen LogP contribution in [0, 0.1) is 5.41 Å². The number of hydrogen-bond acceptors (Lipinski definition) is 3. The Kier molecular flexibility index (Phi) is 14.6. The normalized spacial score (nSPS) is 11.6. The lowest BCUT2D eigenvalue weighted by Crippen LogP contribution is -2.42. The van der Waals surface area contributed by atoms with Gasteiger partial charge in [-0.25, -0.2) is 4.79 Å². The molecule has 0 radical (unpaired) electrons. The molecule has 0 amide bonds. The topological polar surface area (TPSA) is 77.8 Å². The number of hydrogen-bond donors (Lipinski definition) is 3. The number of carboxylic acids is 1. The van der Waals surface area contributed by atoms with Gasteiger partial charge in [0.15, 0.2) is 0 Å². The smallest absolute Gasteiger partial charge is 0.330 e. The van der Waals surface area contributed by atoms with E-state index in [2.05, 4.69) is 13.5 Å². The Labute approximate surface area is 154 Å². The predicted octanol–water partition coefficient (Wildman–Crippen LogP) is 4.73. The van der Waals surface area contributed by atoms with Crippen molar-refractivity contribution in [3.05, 3.63) is 12.2 Å². The molecule has 0 aromatic carbocycles. The first-order chi connectivity index (χ1) is 10.6. The largest absolute Gasteiger partial charge is 0.478 e. The Bertz CT molecular complexity index is 325. The number of carbonyl (C=O) groups is 1. The number of alkyl halides is 3. The molecule has 0 rings (SSSR count). The Morgan fingerprint density at radius 3 is 1.70 bits per heavy atom. The summed E-state index contributed by atoms with van der Waals surface area (Å²) in [5.74, 6) is -0.935. The number of unbranched alkanes of at least 4 members (excludes halogenated alkanes) is 5. The van der Waals surface area contributed by atoms with Gasteiger partial charge in [0, 0.05) is 5.57 Å². The molecular formula is C16H29Cl3O4. The van der Waals surface area contributed by atoms with Crippen LogP contribution in [0.1, 0.15) is 58.8 Å². The molecule has 0 unspecified atom stereocenters. The van der Waals surface area contributed by atoms with E-state index in [-0.39, 0.29) is 18.8 Å². The van der Waals surface area contributed by atoms with Crippen LogP contribution in [0.5, 0.6) is 0 Å². The second-order valence-electron chi connectivity index (χ2n) is 5.70. The van der Waals surface area contributed by atoms with Crippen molar-refractivity contribution in [3.8, 4) is 0 Å². The van der Waals surface area contributed by atoms with Gasteiger partial charge >= 0.3 is 5.97 Å². The molecule has 7 heteroatoms. The molecule has 0 heterocycles. The highest BCUT2D eigenvalue weighted by Crippen LogP contribution is 2.47. The molecule has 23 heavy (non-hydrogen) atoms. The van der Waals surface area contributed by atoms with E-state index in [0.29, 0.717) is 6.42 Å². The maximum absolute atomic E-state index is 9.60. The number of aliphatic carboxylic acids is 1. The Morgan fingerprint density at radius 1 is 1.00 bits per heavy atom. The van der Waals surface area contributed by atoms with Gasteiger partial charge in [-0.2, -0.15) is 0 Å². The summed E-state index contributed by atoms with van der Waals surface area (Å²) in [6, 6.07) is 0. The second kappa shape index (κ2) is 13.3. The molecule has 138 valence electrons. The van der Waals surface area contributed by atoms with Crippen LogP contribution in [0.2, 0.25) is 0 Å². The van der Waals surface area contributed by atoms with Crippen LogP contribution in [-0.2, 0) is 4.79 Å². The van der Waals surface area contributed by atoms with Gasteiger partial charge in [0.05, 0.1) is 18.6 Å². The average Bonchev–Trinajstić information content (AvgIpc) is 2.46. The molecule has 0 saturated carbocycles. The van der Waals surface area contributed by atoms with E-state index in [1.54, 1.807) is 0 Å². The van der Waals surface area contributed by atoms with E-state index in [1.165, 1.54) is 26.2 Å². The van der Waals surface area contributed by atoms with Crippen LogP contribution in [-0.4, -0.2) is 38.3 Å². The summed E-state index contributed by atoms with van der Waals surface area (Å²) in [7, 11) is 0. The fourth-order valence-electron chi connectivity index (χ4n) is 1.77. The minimum Gasteiger partial charge on any atom is -0.478 e. The van der Waals surface area contributed by atoms with Gasteiger partial charge in [0.1, 0.15) is 0 Å². The minimum atomic E-state index is -1.63. The Balaban J connectivity index is 0. The highest BCUT2D eigenvalue weighted by molar-refractivity contribution is 6.68. The molecule has 3 N–H and O–H groups in total. The van der Waals surface area contributed by atoms with Gasteiger partial charge in [-0.05, 0) is 13.3 Å². The van der Waals surface area contributed by atoms with Crippen LogP contribution in [0.25, 0.3) is 0 Å². The maximum atomic E-state index is 9.60. The lowest BCUT2D eigenvalue weighted by molar-refractivity contribution is -0.132. The van der Waals surface area contributed by atoms with Gasteiger partial charge in [0.2, 0.25) is 3.79 Å². The molecule has 4 nitrogen and oxygen atoms in total. The molecule has 0 atom stereocenters. The van der Waals surface area contributed by atoms with Crippen LogP contribution in [0.4, 0.5) is 0 Å². The zero-order chi connectivity index (χ0) is 18.5. The molecular weight excluding hydrogens is 363 g/mol. The predicted molar refractivity (Wildman–Crippen MR) is 97.3 cm³/mol. The van der Waals surface area contributed by atoms with Crippen molar-refractivity contribution in [2.24, 2.45) is 5.41 Å². The highest BCUT2D eigenvalue weighted by atomic mass is 35.6. The third-order valence-electron chi connectivity index (χ3n) is 3.58. The zero-order valence-electron chi connectivity index (χ0n) is 14.0. The number of halogens is 3. The standard InChI is InChI=1S/C12H23Cl3O2.C4H6O2/c1-2-3-4-5-6-7-8-11(9-16,10-17)12(13,14)15;1-3(2)4(5)6/h16-17H,2-10H2,1H3;1H2,2H3,(H,5,6). The van der Waals surface area contributed by atoms with Crippen molar-refractivity contribution in [1.29, 1.82) is 0 Å². The van der Waals surface area contributed by atoms with Gasteiger partial charge in [-0.1, -0.05) is 86.8 Å². The quantitative estimate of drug-likeness (QED) is 0.286. The van der Waals surface area contributed by atoms with E-state index < -0.39 is 15.2 Å². The first-order valence-electron chi connectivity index (χ1n) is 7.75. The van der Waals surface area contributed by atoms with Crippen molar-refractivity contribution in [2.75, 3.05) is 13.2 Å². The Morgan fingerprint density at radius 2 is 1.39 bits per heavy atom. The molecule has 0 aliphatic heterocycles. The van der Waals surface area contributed by atoms with E-state index in [0.717, 1.165) is 19.3 Å². The molecule has 0 aliphatic carbocycles. The molecule has 0 aromatic rings.